The van der Waals surface area contributed by atoms with Crippen molar-refractivity contribution in [1.82, 2.24) is 0 Å². The number of hydrogen-bond acceptors (Lipinski definition) is 1. The van der Waals surface area contributed by atoms with Gasteiger partial charge in [0.05, 0.1) is 6.61 Å². The van der Waals surface area contributed by atoms with Crippen LogP contribution < -0.4 is 4.74 Å². The SMILES string of the molecule is CCCCOc1ccc(CCc2ccc(C#Cc3ccc4c(F)c(F)c(F)cc4c3)cc2)c(F)c1. The molecule has 0 unspecified atom stereocenters. The molecule has 0 N–H and O–H groups in total. The van der Waals surface area contributed by atoms with Gasteiger partial charge in [-0.05, 0) is 72.2 Å². The molecule has 0 saturated heterocycles. The maximum atomic E-state index is 14.4. The topological polar surface area (TPSA) is 9.23 Å². The van der Waals surface area contributed by atoms with Crippen molar-refractivity contribution in [2.45, 2.75) is 32.6 Å². The second-order valence-electron chi connectivity index (χ2n) is 8.32. The molecule has 0 saturated carbocycles. The molecule has 0 atom stereocenters. The molecule has 0 spiro atoms. The molecule has 4 aromatic carbocycles. The Hall–Kier alpha value is -3.78. The lowest BCUT2D eigenvalue weighted by Crippen LogP contribution is -1.99. The van der Waals surface area contributed by atoms with Crippen LogP contribution in [0, 0.1) is 35.1 Å². The molecule has 4 aromatic rings. The Morgan fingerprint density at radius 3 is 2.20 bits per heavy atom. The first-order valence-electron chi connectivity index (χ1n) is 11.5. The maximum absolute atomic E-state index is 14.4. The number of benzene rings is 4. The third kappa shape index (κ3) is 6.02. The number of ether oxygens (including phenoxy) is 1. The second-order valence-corrected chi connectivity index (χ2v) is 8.32. The van der Waals surface area contributed by atoms with Crippen molar-refractivity contribution in [2.24, 2.45) is 0 Å². The van der Waals surface area contributed by atoms with Crippen LogP contribution in [-0.2, 0) is 12.8 Å². The fourth-order valence-corrected chi connectivity index (χ4v) is 3.72. The summed E-state index contributed by atoms with van der Waals surface area (Å²) in [6.45, 7) is 2.66. The highest BCUT2D eigenvalue weighted by Gasteiger charge is 2.13. The zero-order chi connectivity index (χ0) is 24.8. The predicted molar refractivity (Wildman–Crippen MR) is 130 cm³/mol. The first-order chi connectivity index (χ1) is 16.9. The molecule has 35 heavy (non-hydrogen) atoms. The van der Waals surface area contributed by atoms with E-state index in [-0.39, 0.29) is 16.6 Å². The number of halogens is 4. The number of aryl methyl sites for hydroxylation is 2. The summed E-state index contributed by atoms with van der Waals surface area (Å²) >= 11 is 0. The van der Waals surface area contributed by atoms with Crippen LogP contribution in [0.5, 0.6) is 5.75 Å². The van der Waals surface area contributed by atoms with Crippen molar-refractivity contribution < 1.29 is 22.3 Å². The largest absolute Gasteiger partial charge is 0.493 e. The molecule has 0 amide bonds. The van der Waals surface area contributed by atoms with Gasteiger partial charge in [0.1, 0.15) is 11.6 Å². The molecule has 178 valence electrons. The van der Waals surface area contributed by atoms with E-state index in [1.54, 1.807) is 18.2 Å². The molecular formula is C30H24F4O. The zero-order valence-electron chi connectivity index (χ0n) is 19.3. The van der Waals surface area contributed by atoms with E-state index in [1.165, 1.54) is 18.2 Å². The van der Waals surface area contributed by atoms with Crippen LogP contribution in [-0.4, -0.2) is 6.61 Å². The molecule has 0 radical (unpaired) electrons. The van der Waals surface area contributed by atoms with Gasteiger partial charge in [0, 0.05) is 22.6 Å². The molecular weight excluding hydrogens is 452 g/mol. The van der Waals surface area contributed by atoms with Gasteiger partial charge in [-0.15, -0.1) is 0 Å². The standard InChI is InChI=1S/C30H24F4O/c1-2-3-16-35-25-14-13-23(27(31)19-25)12-10-21-6-4-20(5-7-21)8-9-22-11-15-26-24(17-22)18-28(32)30(34)29(26)33/h4-7,11,13-15,17-19H,2-3,10,12,16H2,1H3. The Labute approximate surface area is 202 Å². The Morgan fingerprint density at radius 1 is 0.714 bits per heavy atom. The average Bonchev–Trinajstić information content (AvgIpc) is 2.86. The van der Waals surface area contributed by atoms with Crippen molar-refractivity contribution in [3.05, 3.63) is 112 Å². The van der Waals surface area contributed by atoms with Crippen LogP contribution in [0.25, 0.3) is 10.8 Å². The molecule has 0 heterocycles. The fourth-order valence-electron chi connectivity index (χ4n) is 3.72. The van der Waals surface area contributed by atoms with E-state index in [4.69, 9.17) is 4.74 Å². The number of unbranched alkanes of at least 4 members (excludes halogenated alkanes) is 1. The third-order valence-corrected chi connectivity index (χ3v) is 5.75. The highest BCUT2D eigenvalue weighted by molar-refractivity contribution is 5.84. The summed E-state index contributed by atoms with van der Waals surface area (Å²) in [6, 6.07) is 18.1. The van der Waals surface area contributed by atoms with Crippen LogP contribution in [0.1, 0.15) is 42.0 Å². The van der Waals surface area contributed by atoms with Gasteiger partial charge in [-0.3, -0.25) is 0 Å². The minimum absolute atomic E-state index is 0.00824. The van der Waals surface area contributed by atoms with Gasteiger partial charge >= 0.3 is 0 Å². The van der Waals surface area contributed by atoms with E-state index < -0.39 is 17.5 Å². The first-order valence-corrected chi connectivity index (χ1v) is 11.5. The van der Waals surface area contributed by atoms with Crippen LogP contribution in [0.2, 0.25) is 0 Å². The van der Waals surface area contributed by atoms with Gasteiger partial charge in [-0.2, -0.15) is 0 Å². The smallest absolute Gasteiger partial charge is 0.195 e. The minimum Gasteiger partial charge on any atom is -0.493 e. The molecule has 0 bridgehead atoms. The van der Waals surface area contributed by atoms with Crippen LogP contribution in [0.15, 0.2) is 66.7 Å². The monoisotopic (exact) mass is 476 g/mol. The summed E-state index contributed by atoms with van der Waals surface area (Å²) in [6.07, 6.45) is 3.21. The van der Waals surface area contributed by atoms with Crippen molar-refractivity contribution in [1.29, 1.82) is 0 Å². The van der Waals surface area contributed by atoms with Crippen molar-refractivity contribution in [3.8, 4) is 17.6 Å². The summed E-state index contributed by atoms with van der Waals surface area (Å²) < 4.78 is 60.7. The highest BCUT2D eigenvalue weighted by atomic mass is 19.2. The van der Waals surface area contributed by atoms with Gasteiger partial charge in [0.15, 0.2) is 17.5 Å². The van der Waals surface area contributed by atoms with Crippen LogP contribution in [0.3, 0.4) is 0 Å². The quantitative estimate of drug-likeness (QED) is 0.115. The van der Waals surface area contributed by atoms with Crippen molar-refractivity contribution >= 4 is 10.8 Å². The fraction of sp³-hybridized carbons (Fsp3) is 0.200. The van der Waals surface area contributed by atoms with E-state index in [9.17, 15) is 17.6 Å². The third-order valence-electron chi connectivity index (χ3n) is 5.75. The van der Waals surface area contributed by atoms with Crippen LogP contribution in [0.4, 0.5) is 17.6 Å². The number of hydrogen-bond donors (Lipinski definition) is 0. The van der Waals surface area contributed by atoms with Gasteiger partial charge < -0.3 is 4.74 Å². The van der Waals surface area contributed by atoms with E-state index in [0.717, 1.165) is 30.0 Å². The molecule has 4 rings (SSSR count). The van der Waals surface area contributed by atoms with Crippen LogP contribution >= 0.6 is 0 Å². The highest BCUT2D eigenvalue weighted by Crippen LogP contribution is 2.24. The molecule has 1 nitrogen and oxygen atoms in total. The predicted octanol–water partition coefficient (Wildman–Crippen LogP) is 7.76. The van der Waals surface area contributed by atoms with Crippen molar-refractivity contribution in [3.63, 3.8) is 0 Å². The molecule has 0 aliphatic carbocycles. The average molecular weight is 477 g/mol. The lowest BCUT2D eigenvalue weighted by atomic mass is 10.0. The molecule has 0 aliphatic rings. The van der Waals surface area contributed by atoms with Gasteiger partial charge in [0.2, 0.25) is 0 Å². The molecule has 0 aromatic heterocycles. The molecule has 0 fully saturated rings. The second kappa shape index (κ2) is 11.1. The van der Waals surface area contributed by atoms with E-state index in [0.29, 0.717) is 36.3 Å². The summed E-state index contributed by atoms with van der Waals surface area (Å²) in [5.74, 6) is 2.36. The lowest BCUT2D eigenvalue weighted by molar-refractivity contribution is 0.307. The Kier molecular flexibility index (Phi) is 7.72. The number of rotatable bonds is 7. The van der Waals surface area contributed by atoms with Gasteiger partial charge in [-0.1, -0.05) is 49.5 Å². The van der Waals surface area contributed by atoms with E-state index in [1.807, 2.05) is 24.3 Å². The molecule has 5 heteroatoms. The summed E-state index contributed by atoms with van der Waals surface area (Å²) in [5.41, 5.74) is 3.02. The maximum Gasteiger partial charge on any atom is 0.195 e. The van der Waals surface area contributed by atoms with E-state index >= 15 is 0 Å². The lowest BCUT2D eigenvalue weighted by Gasteiger charge is -2.08. The van der Waals surface area contributed by atoms with E-state index in [2.05, 4.69) is 18.8 Å². The van der Waals surface area contributed by atoms with Crippen molar-refractivity contribution in [2.75, 3.05) is 6.61 Å². The normalized spacial score (nSPS) is 10.8. The van der Waals surface area contributed by atoms with Gasteiger partial charge in [-0.25, -0.2) is 17.6 Å². The summed E-state index contributed by atoms with van der Waals surface area (Å²) in [7, 11) is 0. The molecule has 0 aliphatic heterocycles. The Bertz CT molecular complexity index is 1400. The zero-order valence-corrected chi connectivity index (χ0v) is 19.3. The number of fused-ring (bicyclic) bond motifs is 1. The first kappa shape index (κ1) is 24.3. The summed E-state index contributed by atoms with van der Waals surface area (Å²) in [4.78, 5) is 0. The Morgan fingerprint density at radius 2 is 1.46 bits per heavy atom. The minimum atomic E-state index is -1.48. The summed E-state index contributed by atoms with van der Waals surface area (Å²) in [5, 5.41) is 0.255. The van der Waals surface area contributed by atoms with Gasteiger partial charge in [0.25, 0.3) is 0 Å². The Balaban J connectivity index is 1.39.